The van der Waals surface area contributed by atoms with Crippen molar-refractivity contribution in [2.24, 2.45) is 10.9 Å². The highest BCUT2D eigenvalue weighted by Crippen LogP contribution is 2.11. The lowest BCUT2D eigenvalue weighted by molar-refractivity contribution is -0.0284. The van der Waals surface area contributed by atoms with Crippen molar-refractivity contribution in [1.82, 2.24) is 20.5 Å². The molecule has 0 bridgehead atoms. The maximum absolute atomic E-state index is 5.90. The minimum Gasteiger partial charge on any atom is -0.374 e. The van der Waals surface area contributed by atoms with E-state index < -0.39 is 0 Å². The Morgan fingerprint density at radius 1 is 1.44 bits per heavy atom. The lowest BCUT2D eigenvalue weighted by Gasteiger charge is -2.34. The molecule has 0 radical (unpaired) electrons. The molecular weight excluding hydrogens is 334 g/mol. The van der Waals surface area contributed by atoms with Crippen LogP contribution in [-0.4, -0.2) is 61.3 Å². The van der Waals surface area contributed by atoms with Gasteiger partial charge >= 0.3 is 0 Å². The Kier molecular flexibility index (Phi) is 8.64. The molecule has 6 nitrogen and oxygen atoms in total. The fourth-order valence-electron chi connectivity index (χ4n) is 2.88. The lowest BCUT2D eigenvalue weighted by Crippen LogP contribution is -2.50. The van der Waals surface area contributed by atoms with Gasteiger partial charge in [0, 0.05) is 38.1 Å². The molecular formula is C18H33N5OS. The number of nitrogens with one attached hydrogen (secondary N) is 2. The highest BCUT2D eigenvalue weighted by atomic mass is 32.1. The number of aromatic nitrogens is 1. The summed E-state index contributed by atoms with van der Waals surface area (Å²) in [5.74, 6) is 1.52. The highest BCUT2D eigenvalue weighted by molar-refractivity contribution is 7.09. The van der Waals surface area contributed by atoms with E-state index in [4.69, 9.17) is 4.74 Å². The third-order valence-electron chi connectivity index (χ3n) is 3.99. The third kappa shape index (κ3) is 7.30. The third-order valence-corrected chi connectivity index (χ3v) is 5.03. The van der Waals surface area contributed by atoms with Gasteiger partial charge in [-0.15, -0.1) is 11.3 Å². The van der Waals surface area contributed by atoms with Gasteiger partial charge in [-0.3, -0.25) is 4.90 Å². The summed E-state index contributed by atoms with van der Waals surface area (Å²) in [6.45, 7) is 14.9. The van der Waals surface area contributed by atoms with E-state index in [1.54, 1.807) is 11.3 Å². The van der Waals surface area contributed by atoms with Gasteiger partial charge in [-0.05, 0) is 19.3 Å². The number of aliphatic imine (C=N–C) groups is 1. The van der Waals surface area contributed by atoms with E-state index >= 15 is 0 Å². The van der Waals surface area contributed by atoms with Gasteiger partial charge in [0.15, 0.2) is 5.96 Å². The molecule has 0 amide bonds. The Labute approximate surface area is 156 Å². The van der Waals surface area contributed by atoms with Crippen LogP contribution in [0.4, 0.5) is 0 Å². The summed E-state index contributed by atoms with van der Waals surface area (Å²) in [7, 11) is 0. The Morgan fingerprint density at radius 2 is 2.28 bits per heavy atom. The van der Waals surface area contributed by atoms with Gasteiger partial charge in [0.05, 0.1) is 30.0 Å². The van der Waals surface area contributed by atoms with Crippen molar-refractivity contribution >= 4 is 17.3 Å². The molecule has 142 valence electrons. The Balaban J connectivity index is 1.82. The number of hydrogen-bond acceptors (Lipinski definition) is 5. The second kappa shape index (κ2) is 10.7. The zero-order valence-electron chi connectivity index (χ0n) is 16.0. The second-order valence-electron chi connectivity index (χ2n) is 6.81. The quantitative estimate of drug-likeness (QED) is 0.544. The maximum Gasteiger partial charge on any atom is 0.191 e. The van der Waals surface area contributed by atoms with Crippen molar-refractivity contribution in [3.8, 4) is 0 Å². The molecule has 1 aromatic heterocycles. The summed E-state index contributed by atoms with van der Waals surface area (Å²) in [5.41, 5.74) is 1.04. The molecule has 2 rings (SSSR count). The van der Waals surface area contributed by atoms with Gasteiger partial charge in [0.25, 0.3) is 0 Å². The first kappa shape index (κ1) is 20.1. The van der Waals surface area contributed by atoms with Crippen LogP contribution in [0.3, 0.4) is 0 Å². The maximum atomic E-state index is 5.90. The van der Waals surface area contributed by atoms with Crippen molar-refractivity contribution in [1.29, 1.82) is 0 Å². The van der Waals surface area contributed by atoms with Crippen molar-refractivity contribution in [3.05, 3.63) is 16.1 Å². The summed E-state index contributed by atoms with van der Waals surface area (Å²) in [6.07, 6.45) is 1.20. The fourth-order valence-corrected chi connectivity index (χ4v) is 3.62. The average molecular weight is 368 g/mol. The molecule has 2 N–H and O–H groups in total. The van der Waals surface area contributed by atoms with Gasteiger partial charge in [0.1, 0.15) is 0 Å². The van der Waals surface area contributed by atoms with Crippen LogP contribution < -0.4 is 10.6 Å². The monoisotopic (exact) mass is 367 g/mol. The highest BCUT2D eigenvalue weighted by Gasteiger charge is 2.21. The Hall–Kier alpha value is -1.18. The predicted octanol–water partition coefficient (Wildman–Crippen LogP) is 2.12. The average Bonchev–Trinajstić information content (AvgIpc) is 3.05. The van der Waals surface area contributed by atoms with E-state index in [0.717, 1.165) is 57.4 Å². The van der Waals surface area contributed by atoms with Gasteiger partial charge in [-0.1, -0.05) is 20.8 Å². The molecule has 2 heterocycles. The van der Waals surface area contributed by atoms with Crippen LogP contribution in [0.15, 0.2) is 10.4 Å². The van der Waals surface area contributed by atoms with Gasteiger partial charge in [0.2, 0.25) is 0 Å². The first-order valence-corrected chi connectivity index (χ1v) is 10.3. The van der Waals surface area contributed by atoms with E-state index in [1.165, 1.54) is 5.01 Å². The topological polar surface area (TPSA) is 61.8 Å². The summed E-state index contributed by atoms with van der Waals surface area (Å²) in [6, 6.07) is 0. The molecule has 25 heavy (non-hydrogen) atoms. The number of ether oxygens (including phenoxy) is 1. The van der Waals surface area contributed by atoms with E-state index in [0.29, 0.717) is 12.5 Å². The smallest absolute Gasteiger partial charge is 0.191 e. The summed E-state index contributed by atoms with van der Waals surface area (Å²) in [5, 5.41) is 9.99. The van der Waals surface area contributed by atoms with Gasteiger partial charge < -0.3 is 15.4 Å². The predicted molar refractivity (Wildman–Crippen MR) is 105 cm³/mol. The SMILES string of the molecule is CCNC(=NCc1csc(CC)n1)NCC1CN(CC(C)C)CCO1. The zero-order valence-corrected chi connectivity index (χ0v) is 16.9. The number of nitrogens with zero attached hydrogens (tertiary/aromatic N) is 3. The fraction of sp³-hybridized carbons (Fsp3) is 0.778. The van der Waals surface area contributed by atoms with Crippen LogP contribution in [0.25, 0.3) is 0 Å². The number of hydrogen-bond donors (Lipinski definition) is 2. The first-order valence-electron chi connectivity index (χ1n) is 9.40. The van der Waals surface area contributed by atoms with E-state index in [1.807, 2.05) is 0 Å². The Morgan fingerprint density at radius 3 is 2.96 bits per heavy atom. The van der Waals surface area contributed by atoms with Crippen LogP contribution in [-0.2, 0) is 17.7 Å². The van der Waals surface area contributed by atoms with Crippen LogP contribution in [0.1, 0.15) is 38.4 Å². The standard InChI is InChI=1S/C18H33N5OS/c1-5-17-22-15(13-25-17)9-20-18(19-6-2)21-10-16-12-23(7-8-24-16)11-14(3)4/h13-14,16H,5-12H2,1-4H3,(H2,19,20,21). The molecule has 1 aliphatic heterocycles. The van der Waals surface area contributed by atoms with Crippen molar-refractivity contribution in [3.63, 3.8) is 0 Å². The van der Waals surface area contributed by atoms with Crippen LogP contribution in [0.5, 0.6) is 0 Å². The molecule has 1 fully saturated rings. The summed E-state index contributed by atoms with van der Waals surface area (Å²) >= 11 is 1.71. The van der Waals surface area contributed by atoms with E-state index in [2.05, 4.69) is 58.6 Å². The minimum absolute atomic E-state index is 0.210. The van der Waals surface area contributed by atoms with Gasteiger partial charge in [-0.2, -0.15) is 0 Å². The summed E-state index contributed by atoms with van der Waals surface area (Å²) in [4.78, 5) is 11.7. The molecule has 0 saturated carbocycles. The van der Waals surface area contributed by atoms with E-state index in [9.17, 15) is 0 Å². The number of rotatable bonds is 8. The molecule has 1 saturated heterocycles. The Bertz CT molecular complexity index is 531. The normalized spacial score (nSPS) is 19.4. The summed E-state index contributed by atoms with van der Waals surface area (Å²) < 4.78 is 5.90. The van der Waals surface area contributed by atoms with Crippen molar-refractivity contribution < 1.29 is 4.74 Å². The largest absolute Gasteiger partial charge is 0.374 e. The van der Waals surface area contributed by atoms with Crippen molar-refractivity contribution in [2.75, 3.05) is 39.3 Å². The minimum atomic E-state index is 0.210. The van der Waals surface area contributed by atoms with Crippen LogP contribution >= 0.6 is 11.3 Å². The van der Waals surface area contributed by atoms with Crippen molar-refractivity contribution in [2.45, 2.75) is 46.8 Å². The number of thiazole rings is 1. The number of aryl methyl sites for hydroxylation is 1. The molecule has 0 spiro atoms. The second-order valence-corrected chi connectivity index (χ2v) is 7.75. The zero-order chi connectivity index (χ0) is 18.1. The molecule has 1 aromatic rings. The first-order chi connectivity index (χ1) is 12.1. The molecule has 1 unspecified atom stereocenters. The molecule has 0 aromatic carbocycles. The molecule has 1 aliphatic rings. The molecule has 7 heteroatoms. The van der Waals surface area contributed by atoms with Crippen LogP contribution in [0.2, 0.25) is 0 Å². The number of guanidine groups is 1. The number of morpholine rings is 1. The van der Waals surface area contributed by atoms with E-state index in [-0.39, 0.29) is 6.10 Å². The lowest BCUT2D eigenvalue weighted by atomic mass is 10.2. The van der Waals surface area contributed by atoms with Gasteiger partial charge in [-0.25, -0.2) is 9.98 Å². The van der Waals surface area contributed by atoms with Crippen LogP contribution in [0, 0.1) is 5.92 Å². The molecule has 0 aliphatic carbocycles. The molecule has 1 atom stereocenters.